The summed E-state index contributed by atoms with van der Waals surface area (Å²) < 4.78 is 16.4. The van der Waals surface area contributed by atoms with Gasteiger partial charge in [-0.15, -0.1) is 0 Å². The molecule has 3 aromatic carbocycles. The van der Waals surface area contributed by atoms with Crippen molar-refractivity contribution in [1.82, 2.24) is 20.4 Å². The quantitative estimate of drug-likeness (QED) is 0.230. The molecule has 0 spiro atoms. The van der Waals surface area contributed by atoms with Crippen LogP contribution in [-0.2, 0) is 49.9 Å². The van der Waals surface area contributed by atoms with Gasteiger partial charge >= 0.3 is 12.1 Å². The van der Waals surface area contributed by atoms with Gasteiger partial charge in [0.1, 0.15) is 36.1 Å². The van der Waals surface area contributed by atoms with Crippen molar-refractivity contribution in [2.45, 2.75) is 117 Å². The fourth-order valence-electron chi connectivity index (χ4n) is 7.05. The lowest BCUT2D eigenvalue weighted by molar-refractivity contribution is -0.147. The number of ether oxygens (including phenoxy) is 3. The molecule has 0 bridgehead atoms. The monoisotopic (exact) mass is 768 g/mol. The van der Waals surface area contributed by atoms with Crippen LogP contribution in [0.4, 0.5) is 4.79 Å². The number of aryl methyl sites for hydroxylation is 1. The van der Waals surface area contributed by atoms with Gasteiger partial charge in [0, 0.05) is 20.0 Å². The van der Waals surface area contributed by atoms with E-state index in [9.17, 15) is 24.0 Å². The maximum atomic E-state index is 14.9. The number of hydrogen-bond donors (Lipinski definition) is 2. The molecule has 3 aromatic rings. The zero-order valence-corrected chi connectivity index (χ0v) is 34.1. The maximum absolute atomic E-state index is 14.9. The zero-order chi connectivity index (χ0) is 40.9. The number of esters is 1. The van der Waals surface area contributed by atoms with Gasteiger partial charge in [0.25, 0.3) is 0 Å². The molecule has 4 amide bonds. The van der Waals surface area contributed by atoms with Crippen molar-refractivity contribution in [1.29, 1.82) is 0 Å². The first kappa shape index (κ1) is 41.8. The van der Waals surface area contributed by atoms with Crippen LogP contribution in [0.1, 0.15) is 106 Å². The second kappa shape index (κ2) is 17.2. The smallest absolute Gasteiger partial charge is 0.410 e. The summed E-state index contributed by atoms with van der Waals surface area (Å²) in [4.78, 5) is 70.4. The highest BCUT2D eigenvalue weighted by Gasteiger charge is 2.43. The Morgan fingerprint density at radius 2 is 1.61 bits per heavy atom. The summed E-state index contributed by atoms with van der Waals surface area (Å²) in [6.07, 6.45) is 2.27. The van der Waals surface area contributed by atoms with Crippen LogP contribution >= 0.6 is 0 Å². The van der Waals surface area contributed by atoms with Gasteiger partial charge in [-0.05, 0) is 104 Å². The van der Waals surface area contributed by atoms with Gasteiger partial charge in [-0.25, -0.2) is 9.59 Å². The van der Waals surface area contributed by atoms with Gasteiger partial charge in [0.15, 0.2) is 0 Å². The molecule has 12 heteroatoms. The number of rotatable bonds is 10. The van der Waals surface area contributed by atoms with Gasteiger partial charge in [0.2, 0.25) is 17.7 Å². The van der Waals surface area contributed by atoms with E-state index in [0.717, 1.165) is 41.5 Å². The molecule has 0 unspecified atom stereocenters. The number of nitrogens with one attached hydrogen (secondary N) is 2. The third kappa shape index (κ3) is 10.1. The number of fused-ring (bicyclic) bond motifs is 2. The maximum Gasteiger partial charge on any atom is 0.410 e. The first-order valence-corrected chi connectivity index (χ1v) is 19.2. The standard InChI is InChI=1S/C44H56N4O8/c1-27(47(8)42(53)56-44(5,6)7)38(49)46-37(43(2,3)4)40(51)48-25-32-23-33(55-26-28-17-19-30(20-18-28)41(52)54-9)22-21-31(32)24-36(48)39(50)45-35-16-12-14-29-13-10-11-15-34(29)35/h10-11,13,15,17-23,27,35-37H,12,14,16,24-26H2,1-9H3,(H,45,50)(H,46,49)/t27-,35+,36-,37+/m0/s1. The number of carbonyl (C=O) groups excluding carboxylic acids is 5. The van der Waals surface area contributed by atoms with Crippen LogP contribution in [0.3, 0.4) is 0 Å². The molecule has 1 aliphatic heterocycles. The van der Waals surface area contributed by atoms with E-state index in [1.54, 1.807) is 56.9 Å². The summed E-state index contributed by atoms with van der Waals surface area (Å²) in [5.74, 6) is -1.05. The molecule has 300 valence electrons. The lowest BCUT2D eigenvalue weighted by atomic mass is 9.83. The summed E-state index contributed by atoms with van der Waals surface area (Å²) in [6.45, 7) is 12.7. The fraction of sp³-hybridized carbons (Fsp3) is 0.477. The van der Waals surface area contributed by atoms with Crippen molar-refractivity contribution in [3.8, 4) is 5.75 Å². The average molecular weight is 769 g/mol. The molecule has 1 heterocycles. The highest BCUT2D eigenvalue weighted by atomic mass is 16.6. The van der Waals surface area contributed by atoms with Gasteiger partial charge < -0.3 is 29.7 Å². The second-order valence-electron chi connectivity index (χ2n) is 16.8. The van der Waals surface area contributed by atoms with Gasteiger partial charge in [-0.3, -0.25) is 19.3 Å². The minimum absolute atomic E-state index is 0.106. The fourth-order valence-corrected chi connectivity index (χ4v) is 7.05. The molecule has 1 aliphatic carbocycles. The van der Waals surface area contributed by atoms with E-state index in [0.29, 0.717) is 11.3 Å². The molecule has 56 heavy (non-hydrogen) atoms. The predicted octanol–water partition coefficient (Wildman–Crippen LogP) is 6.29. The Balaban J connectivity index is 1.41. The van der Waals surface area contributed by atoms with Gasteiger partial charge in [-0.1, -0.05) is 63.2 Å². The summed E-state index contributed by atoms with van der Waals surface area (Å²) in [7, 11) is 2.82. The number of benzene rings is 3. The highest BCUT2D eigenvalue weighted by Crippen LogP contribution is 2.33. The molecule has 12 nitrogen and oxygen atoms in total. The van der Waals surface area contributed by atoms with E-state index in [1.165, 1.54) is 24.6 Å². The first-order valence-electron chi connectivity index (χ1n) is 19.2. The van der Waals surface area contributed by atoms with Crippen molar-refractivity contribution in [2.24, 2.45) is 5.41 Å². The van der Waals surface area contributed by atoms with Crippen LogP contribution in [0.15, 0.2) is 66.7 Å². The molecule has 5 rings (SSSR count). The molecule has 0 fully saturated rings. The molecule has 2 N–H and O–H groups in total. The van der Waals surface area contributed by atoms with E-state index in [-0.39, 0.29) is 31.5 Å². The zero-order valence-electron chi connectivity index (χ0n) is 34.1. The lowest BCUT2D eigenvalue weighted by Crippen LogP contribution is -2.62. The van der Waals surface area contributed by atoms with Crippen LogP contribution in [0, 0.1) is 5.41 Å². The Hall–Kier alpha value is -5.39. The average Bonchev–Trinajstić information content (AvgIpc) is 3.16. The van der Waals surface area contributed by atoms with Crippen molar-refractivity contribution >= 4 is 29.8 Å². The van der Waals surface area contributed by atoms with Gasteiger partial charge in [-0.2, -0.15) is 0 Å². The molecule has 0 saturated carbocycles. The number of methoxy groups -OCH3 is 1. The van der Waals surface area contributed by atoms with Crippen LogP contribution in [0.5, 0.6) is 5.75 Å². The number of nitrogens with zero attached hydrogens (tertiary/aromatic N) is 2. The molecule has 0 aromatic heterocycles. The Morgan fingerprint density at radius 3 is 2.27 bits per heavy atom. The highest BCUT2D eigenvalue weighted by molar-refractivity contribution is 5.95. The Morgan fingerprint density at radius 1 is 0.911 bits per heavy atom. The second-order valence-corrected chi connectivity index (χ2v) is 16.8. The predicted molar refractivity (Wildman–Crippen MR) is 212 cm³/mol. The molecule has 0 radical (unpaired) electrons. The first-order chi connectivity index (χ1) is 26.4. The van der Waals surface area contributed by atoms with E-state index in [1.807, 2.05) is 57.2 Å². The minimum Gasteiger partial charge on any atom is -0.489 e. The Labute approximate surface area is 330 Å². The summed E-state index contributed by atoms with van der Waals surface area (Å²) >= 11 is 0. The lowest BCUT2D eigenvalue weighted by Gasteiger charge is -2.42. The number of amides is 4. The van der Waals surface area contributed by atoms with Crippen molar-refractivity contribution in [3.63, 3.8) is 0 Å². The number of hydrogen-bond acceptors (Lipinski definition) is 8. The third-order valence-electron chi connectivity index (χ3n) is 10.4. The van der Waals surface area contributed by atoms with Crippen LogP contribution in [-0.4, -0.2) is 77.5 Å². The van der Waals surface area contributed by atoms with Gasteiger partial charge in [0.05, 0.1) is 18.7 Å². The van der Waals surface area contributed by atoms with Crippen molar-refractivity contribution in [2.75, 3.05) is 14.2 Å². The SMILES string of the molecule is COC(=O)c1ccc(COc2ccc3c(c2)CN(C(=O)[C@@H](NC(=O)[C@H](C)N(C)C(=O)OC(C)(C)C)C(C)(C)C)[C@H](C(=O)N[C@@H]2CCCc4ccccc42)C3)cc1. The number of carbonyl (C=O) groups is 5. The summed E-state index contributed by atoms with van der Waals surface area (Å²) in [6, 6.07) is 17.7. The number of likely N-dealkylation sites (N-methyl/N-ethyl adjacent to an activating group) is 1. The molecular formula is C44H56N4O8. The largest absolute Gasteiger partial charge is 0.489 e. The summed E-state index contributed by atoms with van der Waals surface area (Å²) in [5, 5.41) is 6.21. The minimum atomic E-state index is -1.04. The molecule has 4 atom stereocenters. The van der Waals surface area contributed by atoms with E-state index < -0.39 is 53.0 Å². The Kier molecular flexibility index (Phi) is 12.8. The third-order valence-corrected chi connectivity index (χ3v) is 10.4. The van der Waals surface area contributed by atoms with E-state index >= 15 is 0 Å². The molecule has 0 saturated heterocycles. The van der Waals surface area contributed by atoms with E-state index in [2.05, 4.69) is 16.7 Å². The summed E-state index contributed by atoms with van der Waals surface area (Å²) in [5.41, 5.74) is 3.80. The van der Waals surface area contributed by atoms with Crippen LogP contribution in [0.2, 0.25) is 0 Å². The van der Waals surface area contributed by atoms with Crippen molar-refractivity contribution < 1.29 is 38.2 Å². The molecule has 2 aliphatic rings. The van der Waals surface area contributed by atoms with E-state index in [4.69, 9.17) is 14.2 Å². The van der Waals surface area contributed by atoms with Crippen LogP contribution in [0.25, 0.3) is 0 Å². The molecular weight excluding hydrogens is 713 g/mol. The topological polar surface area (TPSA) is 144 Å². The Bertz CT molecular complexity index is 1930. The van der Waals surface area contributed by atoms with Crippen molar-refractivity contribution in [3.05, 3.63) is 100 Å². The van der Waals surface area contributed by atoms with Crippen LogP contribution < -0.4 is 15.4 Å². The normalized spacial score (nSPS) is 17.6.